The monoisotopic (exact) mass is 381 g/mol. The van der Waals surface area contributed by atoms with Crippen LogP contribution in [0.15, 0.2) is 56.2 Å². The summed E-state index contributed by atoms with van der Waals surface area (Å²) in [6.07, 6.45) is 0.736. The fraction of sp³-hybridized carbons (Fsp3) is 0.133. The van der Waals surface area contributed by atoms with Crippen molar-refractivity contribution in [1.82, 2.24) is 5.32 Å². The SMILES string of the molecule is O=C(NCc1ccc(C(O)c2ccco2)s1)c1ccc(Br)o1. The van der Waals surface area contributed by atoms with E-state index in [1.54, 1.807) is 24.3 Å². The summed E-state index contributed by atoms with van der Waals surface area (Å²) in [5.74, 6) is 0.462. The van der Waals surface area contributed by atoms with Gasteiger partial charge in [-0.1, -0.05) is 0 Å². The Labute approximate surface area is 138 Å². The molecule has 3 rings (SSSR count). The molecule has 0 aromatic carbocycles. The number of halogens is 1. The Balaban J connectivity index is 1.61. The number of amides is 1. The second-order valence-corrected chi connectivity index (χ2v) is 6.49. The summed E-state index contributed by atoms with van der Waals surface area (Å²) in [6, 6.07) is 10.4. The van der Waals surface area contributed by atoms with Crippen LogP contribution in [-0.4, -0.2) is 11.0 Å². The molecule has 1 unspecified atom stereocenters. The van der Waals surface area contributed by atoms with E-state index in [0.717, 1.165) is 9.75 Å². The molecule has 3 aromatic rings. The van der Waals surface area contributed by atoms with E-state index in [-0.39, 0.29) is 11.7 Å². The first-order chi connectivity index (χ1) is 10.6. The Morgan fingerprint density at radius 1 is 1.32 bits per heavy atom. The molecule has 0 aliphatic carbocycles. The summed E-state index contributed by atoms with van der Waals surface area (Å²) in [7, 11) is 0. The standard InChI is InChI=1S/C15H12BrNO4S/c16-13-6-4-11(21-13)15(19)17-8-9-3-5-12(22-9)14(18)10-2-1-7-20-10/h1-7,14,18H,8H2,(H,17,19). The van der Waals surface area contributed by atoms with Crippen molar-refractivity contribution in [3.05, 3.63) is 68.6 Å². The van der Waals surface area contributed by atoms with Crippen molar-refractivity contribution in [2.45, 2.75) is 12.6 Å². The molecule has 0 aliphatic rings. The van der Waals surface area contributed by atoms with Gasteiger partial charge in [-0.25, -0.2) is 0 Å². The average Bonchev–Trinajstić information content (AvgIpc) is 3.25. The van der Waals surface area contributed by atoms with Crippen LogP contribution in [0.1, 0.15) is 32.2 Å². The fourth-order valence-corrected chi connectivity index (χ4v) is 3.17. The lowest BCUT2D eigenvalue weighted by Crippen LogP contribution is -2.21. The first-order valence-corrected chi connectivity index (χ1v) is 8.08. The number of carbonyl (C=O) groups excluding carboxylic acids is 1. The molecule has 5 nitrogen and oxygen atoms in total. The molecule has 3 aromatic heterocycles. The van der Waals surface area contributed by atoms with E-state index in [9.17, 15) is 9.90 Å². The van der Waals surface area contributed by atoms with Crippen molar-refractivity contribution in [3.63, 3.8) is 0 Å². The van der Waals surface area contributed by atoms with Crippen molar-refractivity contribution in [3.8, 4) is 0 Å². The van der Waals surface area contributed by atoms with Gasteiger partial charge < -0.3 is 19.3 Å². The number of aliphatic hydroxyl groups excluding tert-OH is 1. The van der Waals surface area contributed by atoms with E-state index in [2.05, 4.69) is 21.2 Å². The Morgan fingerprint density at radius 3 is 2.86 bits per heavy atom. The summed E-state index contributed by atoms with van der Waals surface area (Å²) >= 11 is 4.57. The van der Waals surface area contributed by atoms with Gasteiger partial charge in [0.1, 0.15) is 11.9 Å². The quantitative estimate of drug-likeness (QED) is 0.706. The highest BCUT2D eigenvalue weighted by Crippen LogP contribution is 2.28. The van der Waals surface area contributed by atoms with Crippen LogP contribution in [0.2, 0.25) is 0 Å². The van der Waals surface area contributed by atoms with E-state index in [1.807, 2.05) is 12.1 Å². The normalized spacial score (nSPS) is 12.3. The Hall–Kier alpha value is -1.83. The lowest BCUT2D eigenvalue weighted by Gasteiger charge is -2.04. The number of nitrogens with one attached hydrogen (secondary N) is 1. The zero-order chi connectivity index (χ0) is 15.5. The van der Waals surface area contributed by atoms with Crippen LogP contribution in [-0.2, 0) is 6.54 Å². The minimum atomic E-state index is -0.787. The summed E-state index contributed by atoms with van der Waals surface area (Å²) in [6.45, 7) is 0.368. The van der Waals surface area contributed by atoms with Crippen LogP contribution < -0.4 is 5.32 Å². The molecule has 0 aliphatic heterocycles. The summed E-state index contributed by atoms with van der Waals surface area (Å²) in [4.78, 5) is 13.6. The number of aliphatic hydroxyl groups is 1. The molecule has 1 amide bonds. The third kappa shape index (κ3) is 3.32. The fourth-order valence-electron chi connectivity index (χ4n) is 1.91. The van der Waals surface area contributed by atoms with Gasteiger partial charge in [0, 0.05) is 9.75 Å². The average molecular weight is 382 g/mol. The van der Waals surface area contributed by atoms with Crippen molar-refractivity contribution in [2.24, 2.45) is 0 Å². The molecule has 0 spiro atoms. The van der Waals surface area contributed by atoms with E-state index < -0.39 is 6.10 Å². The second-order valence-electron chi connectivity index (χ2n) is 4.51. The van der Waals surface area contributed by atoms with Crippen LogP contribution in [0, 0.1) is 0 Å². The highest BCUT2D eigenvalue weighted by atomic mass is 79.9. The zero-order valence-corrected chi connectivity index (χ0v) is 13.7. The molecule has 0 saturated carbocycles. The molecule has 0 radical (unpaired) electrons. The van der Waals surface area contributed by atoms with Gasteiger partial charge in [0.25, 0.3) is 5.91 Å². The molecule has 3 heterocycles. The first kappa shape index (κ1) is 15.1. The van der Waals surface area contributed by atoms with Gasteiger partial charge in [0.05, 0.1) is 12.8 Å². The summed E-state index contributed by atoms with van der Waals surface area (Å²) < 4.78 is 10.9. The third-order valence-corrected chi connectivity index (χ3v) is 4.55. The number of thiophene rings is 1. The van der Waals surface area contributed by atoms with Gasteiger partial charge in [0.15, 0.2) is 10.4 Å². The Kier molecular flexibility index (Phi) is 4.47. The number of rotatable bonds is 5. The molecular weight excluding hydrogens is 370 g/mol. The van der Waals surface area contributed by atoms with Gasteiger partial charge in [0.2, 0.25) is 0 Å². The highest BCUT2D eigenvalue weighted by molar-refractivity contribution is 9.10. The van der Waals surface area contributed by atoms with E-state index in [1.165, 1.54) is 17.6 Å². The molecular formula is C15H12BrNO4S. The molecule has 7 heteroatoms. The van der Waals surface area contributed by atoms with Gasteiger partial charge in [-0.15, -0.1) is 11.3 Å². The molecule has 0 saturated heterocycles. The minimum absolute atomic E-state index is 0.249. The zero-order valence-electron chi connectivity index (χ0n) is 11.3. The molecule has 1 atom stereocenters. The first-order valence-electron chi connectivity index (χ1n) is 6.47. The summed E-state index contributed by atoms with van der Waals surface area (Å²) in [5, 5.41) is 12.9. The van der Waals surface area contributed by atoms with Gasteiger partial charge in [-0.3, -0.25) is 4.79 Å². The van der Waals surface area contributed by atoms with Crippen LogP contribution in [0.25, 0.3) is 0 Å². The second kappa shape index (κ2) is 6.51. The van der Waals surface area contributed by atoms with Gasteiger partial charge in [-0.05, 0) is 52.3 Å². The molecule has 0 bridgehead atoms. The number of hydrogen-bond acceptors (Lipinski definition) is 5. The molecule has 22 heavy (non-hydrogen) atoms. The maximum atomic E-state index is 11.9. The van der Waals surface area contributed by atoms with Gasteiger partial charge >= 0.3 is 0 Å². The van der Waals surface area contributed by atoms with Crippen LogP contribution >= 0.6 is 27.3 Å². The maximum absolute atomic E-state index is 11.9. The minimum Gasteiger partial charge on any atom is -0.466 e. The highest BCUT2D eigenvalue weighted by Gasteiger charge is 2.16. The van der Waals surface area contributed by atoms with Crippen LogP contribution in [0.5, 0.6) is 0 Å². The van der Waals surface area contributed by atoms with E-state index >= 15 is 0 Å². The van der Waals surface area contributed by atoms with Crippen molar-refractivity contribution >= 4 is 33.2 Å². The smallest absolute Gasteiger partial charge is 0.287 e. The van der Waals surface area contributed by atoms with Crippen LogP contribution in [0.3, 0.4) is 0 Å². The summed E-state index contributed by atoms with van der Waals surface area (Å²) in [5.41, 5.74) is 0. The number of carbonyl (C=O) groups is 1. The predicted molar refractivity (Wildman–Crippen MR) is 84.7 cm³/mol. The Morgan fingerprint density at radius 2 is 2.18 bits per heavy atom. The topological polar surface area (TPSA) is 75.6 Å². The Bertz CT molecular complexity index is 762. The van der Waals surface area contributed by atoms with Crippen molar-refractivity contribution < 1.29 is 18.7 Å². The van der Waals surface area contributed by atoms with Crippen molar-refractivity contribution in [1.29, 1.82) is 0 Å². The maximum Gasteiger partial charge on any atom is 0.287 e. The van der Waals surface area contributed by atoms with E-state index in [4.69, 9.17) is 8.83 Å². The number of furan rings is 2. The predicted octanol–water partition coefficient (Wildman–Crippen LogP) is 3.71. The van der Waals surface area contributed by atoms with Crippen LogP contribution in [0.4, 0.5) is 0 Å². The molecule has 114 valence electrons. The van der Waals surface area contributed by atoms with E-state index in [0.29, 0.717) is 17.0 Å². The van der Waals surface area contributed by atoms with Gasteiger partial charge in [-0.2, -0.15) is 0 Å². The van der Waals surface area contributed by atoms with Crippen molar-refractivity contribution in [2.75, 3.05) is 0 Å². The lowest BCUT2D eigenvalue weighted by atomic mass is 10.2. The molecule has 0 fully saturated rings. The largest absolute Gasteiger partial charge is 0.466 e. The third-order valence-electron chi connectivity index (χ3n) is 2.98. The lowest BCUT2D eigenvalue weighted by molar-refractivity contribution is 0.0922. The number of hydrogen-bond donors (Lipinski definition) is 2. The molecule has 2 N–H and O–H groups in total.